The third kappa shape index (κ3) is 8.00. The van der Waals surface area contributed by atoms with E-state index in [9.17, 15) is 0 Å². The summed E-state index contributed by atoms with van der Waals surface area (Å²) in [7, 11) is -1.75. The normalized spacial score (nSPS) is 10.3. The maximum absolute atomic E-state index is 2.24. The molecule has 6 rings (SSSR count). The molecule has 188 valence electrons. The van der Waals surface area contributed by atoms with Gasteiger partial charge < -0.3 is 0 Å². The molecule has 0 spiro atoms. The van der Waals surface area contributed by atoms with Gasteiger partial charge in [-0.05, 0) is 72.8 Å². The molecule has 0 N–H and O–H groups in total. The van der Waals surface area contributed by atoms with Crippen LogP contribution in [0.15, 0.2) is 182 Å². The molecule has 0 unspecified atom stereocenters. The maximum Gasteiger partial charge on any atom is 0.102 e. The van der Waals surface area contributed by atoms with Gasteiger partial charge in [-0.25, -0.2) is 0 Å². The Morgan fingerprint density at radius 2 is 0.333 bits per heavy atom. The van der Waals surface area contributed by atoms with Crippen LogP contribution in [0.3, 0.4) is 0 Å². The van der Waals surface area contributed by atoms with Gasteiger partial charge >= 0.3 is 0 Å². The SMILES string of the molecule is [Sn].c1ccc([PH+](c2ccccc2)c2ccccc2)cc1.c1ccc([PH+](c2ccccc2)c2ccccc2)cc1. The Morgan fingerprint density at radius 3 is 0.462 bits per heavy atom. The van der Waals surface area contributed by atoms with Crippen LogP contribution >= 0.6 is 15.8 Å². The van der Waals surface area contributed by atoms with E-state index in [1.54, 1.807) is 0 Å². The van der Waals surface area contributed by atoms with Gasteiger partial charge in [0.25, 0.3) is 0 Å². The Labute approximate surface area is 252 Å². The van der Waals surface area contributed by atoms with Gasteiger partial charge in [0.2, 0.25) is 0 Å². The molecule has 0 heterocycles. The summed E-state index contributed by atoms with van der Waals surface area (Å²) in [5.41, 5.74) is 0. The summed E-state index contributed by atoms with van der Waals surface area (Å²) >= 11 is 0. The van der Waals surface area contributed by atoms with Crippen LogP contribution in [0.4, 0.5) is 0 Å². The average Bonchev–Trinajstić information content (AvgIpc) is 3.01. The van der Waals surface area contributed by atoms with E-state index in [0.29, 0.717) is 0 Å². The molecular weight excluding hydrogens is 613 g/mol. The zero-order valence-electron chi connectivity index (χ0n) is 21.8. The van der Waals surface area contributed by atoms with Crippen LogP contribution in [0.25, 0.3) is 0 Å². The first-order chi connectivity index (χ1) is 18.9. The summed E-state index contributed by atoms with van der Waals surface area (Å²) in [6.07, 6.45) is 0. The summed E-state index contributed by atoms with van der Waals surface area (Å²) in [5.74, 6) is 0. The van der Waals surface area contributed by atoms with Crippen LogP contribution in [0, 0.1) is 0 Å². The van der Waals surface area contributed by atoms with E-state index in [-0.39, 0.29) is 23.9 Å². The first kappa shape index (κ1) is 29.0. The van der Waals surface area contributed by atoms with E-state index in [0.717, 1.165) is 0 Å². The minimum Gasteiger partial charge on any atom is -0.0620 e. The van der Waals surface area contributed by atoms with E-state index in [2.05, 4.69) is 182 Å². The number of benzene rings is 6. The van der Waals surface area contributed by atoms with Crippen molar-refractivity contribution in [2.75, 3.05) is 0 Å². The molecule has 0 nitrogen and oxygen atoms in total. The third-order valence-corrected chi connectivity index (χ3v) is 11.8. The fraction of sp³-hybridized carbons (Fsp3) is 0. The van der Waals surface area contributed by atoms with E-state index < -0.39 is 15.8 Å². The maximum atomic E-state index is 2.24. The first-order valence-electron chi connectivity index (χ1n) is 13.0. The van der Waals surface area contributed by atoms with Crippen molar-refractivity contribution < 1.29 is 0 Å². The van der Waals surface area contributed by atoms with Gasteiger partial charge in [-0.3, -0.25) is 0 Å². The summed E-state index contributed by atoms with van der Waals surface area (Å²) in [6.45, 7) is 0. The molecule has 0 fully saturated rings. The monoisotopic (exact) mass is 646 g/mol. The molecule has 0 aliphatic heterocycles. The second-order valence-electron chi connectivity index (χ2n) is 8.95. The van der Waals surface area contributed by atoms with Crippen LogP contribution < -0.4 is 31.8 Å². The predicted molar refractivity (Wildman–Crippen MR) is 179 cm³/mol. The molecule has 0 atom stereocenters. The number of hydrogen-bond donors (Lipinski definition) is 0. The molecule has 0 amide bonds. The van der Waals surface area contributed by atoms with Crippen molar-refractivity contribution in [2.24, 2.45) is 0 Å². The van der Waals surface area contributed by atoms with E-state index >= 15 is 0 Å². The Morgan fingerprint density at radius 1 is 0.205 bits per heavy atom. The van der Waals surface area contributed by atoms with Crippen molar-refractivity contribution in [3.8, 4) is 0 Å². The zero-order valence-corrected chi connectivity index (χ0v) is 26.7. The van der Waals surface area contributed by atoms with Crippen molar-refractivity contribution in [1.82, 2.24) is 0 Å². The zero-order chi connectivity index (χ0) is 25.8. The van der Waals surface area contributed by atoms with Crippen molar-refractivity contribution in [1.29, 1.82) is 0 Å². The van der Waals surface area contributed by atoms with Gasteiger partial charge in [-0.1, -0.05) is 109 Å². The Kier molecular flexibility index (Phi) is 11.5. The topological polar surface area (TPSA) is 0 Å². The molecule has 0 bridgehead atoms. The van der Waals surface area contributed by atoms with E-state index in [4.69, 9.17) is 0 Å². The average molecular weight is 645 g/mol. The molecule has 0 aliphatic rings. The summed E-state index contributed by atoms with van der Waals surface area (Å²) in [4.78, 5) is 0. The summed E-state index contributed by atoms with van der Waals surface area (Å²) in [5, 5.41) is 8.61. The van der Waals surface area contributed by atoms with Crippen molar-refractivity contribution in [2.45, 2.75) is 0 Å². The van der Waals surface area contributed by atoms with Crippen LogP contribution in [0.1, 0.15) is 0 Å². The summed E-state index contributed by atoms with van der Waals surface area (Å²) < 4.78 is 0. The van der Waals surface area contributed by atoms with Crippen molar-refractivity contribution >= 4 is 71.6 Å². The van der Waals surface area contributed by atoms with Gasteiger partial charge in [-0.2, -0.15) is 0 Å². The van der Waals surface area contributed by atoms with Crippen molar-refractivity contribution in [3.05, 3.63) is 182 Å². The molecule has 0 saturated heterocycles. The Balaban J connectivity index is 0.000000176. The summed E-state index contributed by atoms with van der Waals surface area (Å²) in [6, 6.07) is 65.0. The second-order valence-corrected chi connectivity index (χ2v) is 13.9. The fourth-order valence-corrected chi connectivity index (χ4v) is 9.78. The quantitative estimate of drug-likeness (QED) is 0.155. The molecule has 4 radical (unpaired) electrons. The number of hydrogen-bond acceptors (Lipinski definition) is 0. The van der Waals surface area contributed by atoms with Gasteiger partial charge in [0, 0.05) is 23.9 Å². The fourth-order valence-electron chi connectivity index (χ4n) is 4.63. The molecule has 39 heavy (non-hydrogen) atoms. The molecule has 0 aromatic heterocycles. The standard InChI is InChI=1S/2C18H15P.Sn/c2*1-4-10-16(11-5-1)19(17-12-6-2-7-13-17)18-14-8-3-9-15-18;/h2*1-15H;/p+2. The van der Waals surface area contributed by atoms with Gasteiger partial charge in [0.05, 0.1) is 15.8 Å². The minimum atomic E-state index is -0.877. The van der Waals surface area contributed by atoms with Crippen LogP contribution in [-0.4, -0.2) is 23.9 Å². The largest absolute Gasteiger partial charge is 0.102 e. The third-order valence-electron chi connectivity index (χ3n) is 6.37. The molecule has 0 saturated carbocycles. The van der Waals surface area contributed by atoms with Crippen LogP contribution in [-0.2, 0) is 0 Å². The second kappa shape index (κ2) is 15.5. The van der Waals surface area contributed by atoms with E-state index in [1.165, 1.54) is 31.8 Å². The molecule has 3 heteroatoms. The smallest absolute Gasteiger partial charge is 0.0620 e. The van der Waals surface area contributed by atoms with Gasteiger partial charge in [-0.15, -0.1) is 0 Å². The van der Waals surface area contributed by atoms with Crippen LogP contribution in [0.5, 0.6) is 0 Å². The van der Waals surface area contributed by atoms with Crippen LogP contribution in [0.2, 0.25) is 0 Å². The molecular formula is C36H32P2Sn+2. The first-order valence-corrected chi connectivity index (χ1v) is 16.0. The minimum absolute atomic E-state index is 0. The Bertz CT molecular complexity index is 1170. The molecule has 0 aliphatic carbocycles. The molecule has 6 aromatic carbocycles. The van der Waals surface area contributed by atoms with Gasteiger partial charge in [0.1, 0.15) is 31.8 Å². The van der Waals surface area contributed by atoms with Crippen molar-refractivity contribution in [3.63, 3.8) is 0 Å². The van der Waals surface area contributed by atoms with E-state index in [1.807, 2.05) is 0 Å². The molecule has 6 aromatic rings. The Hall–Kier alpha value is -3.02. The van der Waals surface area contributed by atoms with Gasteiger partial charge in [0.15, 0.2) is 0 Å². The predicted octanol–water partition coefficient (Wildman–Crippen LogP) is 5.97. The number of rotatable bonds is 6.